The molecule has 0 aliphatic carbocycles. The molecule has 0 bridgehead atoms. The number of nitrogens with zero attached hydrogens (tertiary/aromatic N) is 1. The van der Waals surface area contributed by atoms with Crippen LogP contribution in [-0.4, -0.2) is 36.7 Å². The van der Waals surface area contributed by atoms with E-state index >= 15 is 0 Å². The molecule has 1 aliphatic rings. The van der Waals surface area contributed by atoms with Crippen LogP contribution in [0.15, 0.2) is 0 Å². The molecule has 1 aliphatic heterocycles. The van der Waals surface area contributed by atoms with E-state index in [4.69, 9.17) is 4.74 Å². The van der Waals surface area contributed by atoms with E-state index in [9.17, 15) is 0 Å². The highest BCUT2D eigenvalue weighted by molar-refractivity contribution is 4.81. The maximum Gasteiger partial charge on any atom is 0.0705 e. The minimum atomic E-state index is 0.356. The number of ether oxygens (including phenoxy) is 1. The van der Waals surface area contributed by atoms with Crippen molar-refractivity contribution in [3.05, 3.63) is 0 Å². The molecule has 0 amide bonds. The normalized spacial score (nSPS) is 28.2. The molecule has 2 nitrogen and oxygen atoms in total. The first-order valence-electron chi connectivity index (χ1n) is 4.97. The summed E-state index contributed by atoms with van der Waals surface area (Å²) in [5, 5.41) is 0. The quantitative estimate of drug-likeness (QED) is 0.643. The van der Waals surface area contributed by atoms with Crippen LogP contribution >= 0.6 is 0 Å². The summed E-state index contributed by atoms with van der Waals surface area (Å²) in [6.07, 6.45) is 3.36. The second-order valence-corrected chi connectivity index (χ2v) is 4.08. The van der Waals surface area contributed by atoms with Gasteiger partial charge < -0.3 is 9.64 Å². The molecular formula is C10H21NO. The highest BCUT2D eigenvalue weighted by atomic mass is 16.5. The minimum Gasteiger partial charge on any atom is -0.374 e. The summed E-state index contributed by atoms with van der Waals surface area (Å²) in [4.78, 5) is 2.41. The molecule has 12 heavy (non-hydrogen) atoms. The highest BCUT2D eigenvalue weighted by Crippen LogP contribution is 2.20. The lowest BCUT2D eigenvalue weighted by Crippen LogP contribution is -2.37. The van der Waals surface area contributed by atoms with E-state index in [-0.39, 0.29) is 0 Å². The van der Waals surface area contributed by atoms with Gasteiger partial charge in [0.15, 0.2) is 0 Å². The Hall–Kier alpha value is -0.0800. The third-order valence-electron chi connectivity index (χ3n) is 2.61. The summed E-state index contributed by atoms with van der Waals surface area (Å²) >= 11 is 0. The van der Waals surface area contributed by atoms with E-state index in [0.717, 1.165) is 0 Å². The van der Waals surface area contributed by atoms with Crippen molar-refractivity contribution in [2.75, 3.05) is 13.6 Å². The third-order valence-corrected chi connectivity index (χ3v) is 2.61. The molecule has 1 fully saturated rings. The summed E-state index contributed by atoms with van der Waals surface area (Å²) in [5.41, 5.74) is 0. The van der Waals surface area contributed by atoms with Crippen LogP contribution in [0.1, 0.15) is 33.6 Å². The molecule has 0 spiro atoms. The van der Waals surface area contributed by atoms with Crippen molar-refractivity contribution < 1.29 is 4.74 Å². The monoisotopic (exact) mass is 171 g/mol. The summed E-state index contributed by atoms with van der Waals surface area (Å²) in [6.45, 7) is 7.62. The molecular weight excluding hydrogens is 150 g/mol. The highest BCUT2D eigenvalue weighted by Gasteiger charge is 2.27. The van der Waals surface area contributed by atoms with Crippen LogP contribution in [0.4, 0.5) is 0 Å². The second-order valence-electron chi connectivity index (χ2n) is 4.08. The molecule has 0 aromatic carbocycles. The zero-order chi connectivity index (χ0) is 9.14. The predicted octanol–water partition coefficient (Wildman–Crippen LogP) is 1.89. The summed E-state index contributed by atoms with van der Waals surface area (Å²) < 4.78 is 5.76. The molecule has 0 aromatic rings. The molecule has 0 radical (unpaired) electrons. The van der Waals surface area contributed by atoms with E-state index in [1.54, 1.807) is 0 Å². The maximum atomic E-state index is 5.76. The lowest BCUT2D eigenvalue weighted by molar-refractivity contribution is -0.0201. The van der Waals surface area contributed by atoms with Crippen LogP contribution in [0.3, 0.4) is 0 Å². The van der Waals surface area contributed by atoms with Gasteiger partial charge in [-0.25, -0.2) is 0 Å². The summed E-state index contributed by atoms with van der Waals surface area (Å²) in [5.74, 6) is 0. The molecule has 0 saturated carbocycles. The molecule has 2 atom stereocenters. The summed E-state index contributed by atoms with van der Waals surface area (Å²) in [7, 11) is 2.19. The Morgan fingerprint density at radius 2 is 2.00 bits per heavy atom. The van der Waals surface area contributed by atoms with Gasteiger partial charge in [0.25, 0.3) is 0 Å². The summed E-state index contributed by atoms with van der Waals surface area (Å²) in [6, 6.07) is 0.646. The largest absolute Gasteiger partial charge is 0.374 e. The van der Waals surface area contributed by atoms with E-state index in [1.807, 2.05) is 0 Å². The van der Waals surface area contributed by atoms with Crippen molar-refractivity contribution in [2.24, 2.45) is 0 Å². The number of likely N-dealkylation sites (N-methyl/N-ethyl adjacent to an activating group) is 1. The molecule has 2 heteroatoms. The predicted molar refractivity (Wildman–Crippen MR) is 51.3 cm³/mol. The fourth-order valence-corrected chi connectivity index (χ4v) is 2.05. The smallest absolute Gasteiger partial charge is 0.0705 e. The lowest BCUT2D eigenvalue weighted by atomic mass is 10.1. The fourth-order valence-electron chi connectivity index (χ4n) is 2.05. The van der Waals surface area contributed by atoms with E-state index in [1.165, 1.54) is 19.4 Å². The first kappa shape index (κ1) is 10.0. The van der Waals surface area contributed by atoms with Crippen LogP contribution in [0.2, 0.25) is 0 Å². The minimum absolute atomic E-state index is 0.356. The number of rotatable bonds is 3. The molecule has 1 saturated heterocycles. The lowest BCUT2D eigenvalue weighted by Gasteiger charge is -2.27. The Labute approximate surface area is 75.9 Å². The molecule has 72 valence electrons. The average Bonchev–Trinajstić information content (AvgIpc) is 2.33. The zero-order valence-electron chi connectivity index (χ0n) is 8.71. The van der Waals surface area contributed by atoms with Gasteiger partial charge in [-0.15, -0.1) is 0 Å². The molecule has 1 rings (SSSR count). The van der Waals surface area contributed by atoms with Gasteiger partial charge in [-0.3, -0.25) is 0 Å². The van der Waals surface area contributed by atoms with E-state index in [2.05, 4.69) is 32.7 Å². The third kappa shape index (κ3) is 2.46. The van der Waals surface area contributed by atoms with Gasteiger partial charge in [-0.1, -0.05) is 0 Å². The zero-order valence-corrected chi connectivity index (χ0v) is 8.71. The van der Waals surface area contributed by atoms with Gasteiger partial charge in [-0.05, 0) is 47.2 Å². The van der Waals surface area contributed by atoms with Crippen LogP contribution in [-0.2, 0) is 4.74 Å². The number of hydrogen-bond acceptors (Lipinski definition) is 2. The topological polar surface area (TPSA) is 12.5 Å². The van der Waals surface area contributed by atoms with Gasteiger partial charge in [0, 0.05) is 6.04 Å². The SMILES string of the molecule is CC(C)O[C@H](C)C1CCCN1C. The average molecular weight is 171 g/mol. The van der Waals surface area contributed by atoms with Gasteiger partial charge in [-0.2, -0.15) is 0 Å². The number of likely N-dealkylation sites (tertiary alicyclic amines) is 1. The Bertz CT molecular complexity index is 136. The Morgan fingerprint density at radius 3 is 2.42 bits per heavy atom. The van der Waals surface area contributed by atoms with E-state index in [0.29, 0.717) is 18.2 Å². The van der Waals surface area contributed by atoms with Crippen LogP contribution < -0.4 is 0 Å². The van der Waals surface area contributed by atoms with Crippen molar-refractivity contribution in [2.45, 2.75) is 51.9 Å². The van der Waals surface area contributed by atoms with Crippen molar-refractivity contribution >= 4 is 0 Å². The Kier molecular flexibility index (Phi) is 3.53. The van der Waals surface area contributed by atoms with Crippen molar-refractivity contribution in [3.8, 4) is 0 Å². The van der Waals surface area contributed by atoms with Gasteiger partial charge in [0.2, 0.25) is 0 Å². The Balaban J connectivity index is 2.35. The number of hydrogen-bond donors (Lipinski definition) is 0. The Morgan fingerprint density at radius 1 is 1.33 bits per heavy atom. The van der Waals surface area contributed by atoms with Crippen molar-refractivity contribution in [3.63, 3.8) is 0 Å². The standard InChI is InChI=1S/C10H21NO/c1-8(2)12-9(3)10-6-5-7-11(10)4/h8-10H,5-7H2,1-4H3/t9-,10?/m1/s1. The van der Waals surface area contributed by atoms with Crippen molar-refractivity contribution in [1.82, 2.24) is 4.90 Å². The van der Waals surface area contributed by atoms with E-state index < -0.39 is 0 Å². The van der Waals surface area contributed by atoms with Crippen LogP contribution in [0.25, 0.3) is 0 Å². The second kappa shape index (κ2) is 4.24. The van der Waals surface area contributed by atoms with Crippen LogP contribution in [0, 0.1) is 0 Å². The van der Waals surface area contributed by atoms with Gasteiger partial charge >= 0.3 is 0 Å². The molecule has 0 aromatic heterocycles. The molecule has 1 unspecified atom stereocenters. The van der Waals surface area contributed by atoms with Gasteiger partial charge in [0.05, 0.1) is 12.2 Å². The fraction of sp³-hybridized carbons (Fsp3) is 1.00. The maximum absolute atomic E-state index is 5.76. The molecule has 1 heterocycles. The van der Waals surface area contributed by atoms with Crippen molar-refractivity contribution in [1.29, 1.82) is 0 Å². The van der Waals surface area contributed by atoms with Crippen LogP contribution in [0.5, 0.6) is 0 Å². The molecule has 0 N–H and O–H groups in total. The van der Waals surface area contributed by atoms with Gasteiger partial charge in [0.1, 0.15) is 0 Å². The first-order chi connectivity index (χ1) is 5.61. The first-order valence-corrected chi connectivity index (χ1v) is 4.97.